The van der Waals surface area contributed by atoms with Crippen molar-refractivity contribution in [1.82, 2.24) is 14.1 Å². The second-order valence-corrected chi connectivity index (χ2v) is 9.11. The van der Waals surface area contributed by atoms with Gasteiger partial charge in [0.05, 0.1) is 11.4 Å². The fourth-order valence-corrected chi connectivity index (χ4v) is 5.64. The number of carbonyl (C=O) groups excluding carboxylic acids is 1. The highest BCUT2D eigenvalue weighted by Gasteiger charge is 2.32. The average molecular weight is 420 g/mol. The minimum absolute atomic E-state index is 0.0867. The number of fused-ring (bicyclic) bond motifs is 1. The number of hydrogen-bond donors (Lipinski definition) is 1. The SMILES string of the molecule is Cc1nn(CC(=O)Nc2ccc3c(c2)OCO3)c(C)c1S(=O)(=O)N1CCCCC1. The number of sulfonamides is 1. The van der Waals surface area contributed by atoms with Crippen LogP contribution in [0.2, 0.25) is 0 Å². The summed E-state index contributed by atoms with van der Waals surface area (Å²) in [6.45, 7) is 4.47. The number of hydrogen-bond acceptors (Lipinski definition) is 6. The Labute approximate surface area is 169 Å². The van der Waals surface area contributed by atoms with Gasteiger partial charge in [0.2, 0.25) is 22.7 Å². The molecule has 1 saturated heterocycles. The number of benzene rings is 1. The van der Waals surface area contributed by atoms with Crippen LogP contribution in [0.15, 0.2) is 23.1 Å². The van der Waals surface area contributed by atoms with Gasteiger partial charge in [0.15, 0.2) is 11.5 Å². The molecule has 0 radical (unpaired) electrons. The molecule has 29 heavy (non-hydrogen) atoms. The van der Waals surface area contributed by atoms with E-state index in [1.165, 1.54) is 8.99 Å². The number of aryl methyl sites for hydroxylation is 1. The Morgan fingerprint density at radius 2 is 1.86 bits per heavy atom. The van der Waals surface area contributed by atoms with Crippen molar-refractivity contribution in [2.24, 2.45) is 0 Å². The van der Waals surface area contributed by atoms with Crippen molar-refractivity contribution >= 4 is 21.6 Å². The quantitative estimate of drug-likeness (QED) is 0.794. The number of nitrogens with one attached hydrogen (secondary N) is 1. The zero-order valence-electron chi connectivity index (χ0n) is 16.5. The van der Waals surface area contributed by atoms with Crippen LogP contribution < -0.4 is 14.8 Å². The van der Waals surface area contributed by atoms with Gasteiger partial charge in [0.1, 0.15) is 11.4 Å². The fourth-order valence-electron chi connectivity index (χ4n) is 3.75. The molecular formula is C19H24N4O5S. The van der Waals surface area contributed by atoms with E-state index in [4.69, 9.17) is 9.47 Å². The summed E-state index contributed by atoms with van der Waals surface area (Å²) >= 11 is 0. The van der Waals surface area contributed by atoms with E-state index in [2.05, 4.69) is 10.4 Å². The third-order valence-electron chi connectivity index (χ3n) is 5.18. The van der Waals surface area contributed by atoms with Gasteiger partial charge >= 0.3 is 0 Å². The lowest BCUT2D eigenvalue weighted by atomic mass is 10.2. The summed E-state index contributed by atoms with van der Waals surface area (Å²) in [7, 11) is -3.62. The average Bonchev–Trinajstić information content (AvgIpc) is 3.26. The molecule has 0 aliphatic carbocycles. The normalized spacial score (nSPS) is 16.8. The number of piperidine rings is 1. The molecule has 0 saturated carbocycles. The lowest BCUT2D eigenvalue weighted by molar-refractivity contribution is -0.116. The molecule has 1 amide bonds. The summed E-state index contributed by atoms with van der Waals surface area (Å²) in [5, 5.41) is 7.10. The maximum Gasteiger partial charge on any atom is 0.246 e. The number of ether oxygens (including phenoxy) is 2. The zero-order chi connectivity index (χ0) is 20.6. The van der Waals surface area contributed by atoms with Crippen molar-refractivity contribution in [3.05, 3.63) is 29.6 Å². The molecule has 4 rings (SSSR count). The Bertz CT molecular complexity index is 1040. The minimum Gasteiger partial charge on any atom is -0.454 e. The van der Waals surface area contributed by atoms with E-state index in [0.717, 1.165) is 19.3 Å². The maximum atomic E-state index is 13.1. The maximum absolute atomic E-state index is 13.1. The molecule has 156 valence electrons. The van der Waals surface area contributed by atoms with Crippen LogP contribution in [0.3, 0.4) is 0 Å². The highest BCUT2D eigenvalue weighted by Crippen LogP contribution is 2.34. The van der Waals surface area contributed by atoms with Crippen LogP contribution in [0, 0.1) is 13.8 Å². The second kappa shape index (κ2) is 7.68. The van der Waals surface area contributed by atoms with Crippen LogP contribution in [0.4, 0.5) is 5.69 Å². The Morgan fingerprint density at radius 3 is 2.62 bits per heavy atom. The van der Waals surface area contributed by atoms with Gasteiger partial charge in [0, 0.05) is 24.8 Å². The molecule has 1 fully saturated rings. The summed E-state index contributed by atoms with van der Waals surface area (Å²) in [4.78, 5) is 12.7. The first-order valence-electron chi connectivity index (χ1n) is 9.60. The second-order valence-electron chi connectivity index (χ2n) is 7.24. The summed E-state index contributed by atoms with van der Waals surface area (Å²) in [5.41, 5.74) is 1.44. The van der Waals surface area contributed by atoms with Crippen LogP contribution in [0.5, 0.6) is 11.5 Å². The van der Waals surface area contributed by atoms with E-state index < -0.39 is 10.0 Å². The summed E-state index contributed by atoms with van der Waals surface area (Å²) in [6.07, 6.45) is 2.77. The zero-order valence-corrected chi connectivity index (χ0v) is 17.3. The summed E-state index contributed by atoms with van der Waals surface area (Å²) < 4.78 is 39.7. The number of nitrogens with zero attached hydrogens (tertiary/aromatic N) is 3. The molecule has 1 aromatic carbocycles. The number of carbonyl (C=O) groups is 1. The molecule has 1 aromatic heterocycles. The van der Waals surface area contributed by atoms with Gasteiger partial charge in [-0.15, -0.1) is 0 Å². The molecule has 0 atom stereocenters. The van der Waals surface area contributed by atoms with Gasteiger partial charge < -0.3 is 14.8 Å². The number of aromatic nitrogens is 2. The molecule has 10 heteroatoms. The van der Waals surface area contributed by atoms with Gasteiger partial charge in [-0.3, -0.25) is 9.48 Å². The Hall–Kier alpha value is -2.59. The van der Waals surface area contributed by atoms with Crippen molar-refractivity contribution in [3.63, 3.8) is 0 Å². The largest absolute Gasteiger partial charge is 0.454 e. The molecular weight excluding hydrogens is 396 g/mol. The van der Waals surface area contributed by atoms with Crippen molar-refractivity contribution < 1.29 is 22.7 Å². The van der Waals surface area contributed by atoms with Crippen molar-refractivity contribution in [3.8, 4) is 11.5 Å². The molecule has 0 bridgehead atoms. The van der Waals surface area contributed by atoms with Crippen LogP contribution in [0.25, 0.3) is 0 Å². The molecule has 9 nitrogen and oxygen atoms in total. The Kier molecular flexibility index (Phi) is 5.22. The highest BCUT2D eigenvalue weighted by atomic mass is 32.2. The first kappa shape index (κ1) is 19.7. The minimum atomic E-state index is -3.62. The van der Waals surface area contributed by atoms with Crippen LogP contribution >= 0.6 is 0 Å². The number of anilines is 1. The van der Waals surface area contributed by atoms with Gasteiger partial charge in [-0.25, -0.2) is 8.42 Å². The smallest absolute Gasteiger partial charge is 0.246 e. The molecule has 3 heterocycles. The van der Waals surface area contributed by atoms with E-state index >= 15 is 0 Å². The Morgan fingerprint density at radius 1 is 1.14 bits per heavy atom. The first-order valence-corrected chi connectivity index (χ1v) is 11.0. The number of amides is 1. The molecule has 2 aromatic rings. The third-order valence-corrected chi connectivity index (χ3v) is 7.33. The van der Waals surface area contributed by atoms with Crippen molar-refractivity contribution in [2.45, 2.75) is 44.6 Å². The lowest BCUT2D eigenvalue weighted by Gasteiger charge is -2.25. The van der Waals surface area contributed by atoms with Gasteiger partial charge in [-0.2, -0.15) is 9.40 Å². The molecule has 1 N–H and O–H groups in total. The summed E-state index contributed by atoms with van der Waals surface area (Å²) in [6, 6.07) is 5.14. The number of rotatable bonds is 5. The van der Waals surface area contributed by atoms with E-state index in [0.29, 0.717) is 41.7 Å². The van der Waals surface area contributed by atoms with Gasteiger partial charge in [-0.05, 0) is 38.8 Å². The van der Waals surface area contributed by atoms with E-state index in [1.54, 1.807) is 32.0 Å². The predicted molar refractivity (Wildman–Crippen MR) is 106 cm³/mol. The predicted octanol–water partition coefficient (Wildman–Crippen LogP) is 2.04. The molecule has 0 unspecified atom stereocenters. The molecule has 0 spiro atoms. The standard InChI is InChI=1S/C19H24N4O5S/c1-13-19(29(25,26)22-8-4-3-5-9-22)14(2)23(21-13)11-18(24)20-15-6-7-16-17(10-15)28-12-27-16/h6-7,10H,3-5,8-9,11-12H2,1-2H3,(H,20,24). The van der Waals surface area contributed by atoms with Crippen molar-refractivity contribution in [1.29, 1.82) is 0 Å². The summed E-state index contributed by atoms with van der Waals surface area (Å²) in [5.74, 6) is 0.898. The van der Waals surface area contributed by atoms with Crippen LogP contribution in [-0.2, 0) is 21.4 Å². The fraction of sp³-hybridized carbons (Fsp3) is 0.474. The van der Waals surface area contributed by atoms with E-state index in [-0.39, 0.29) is 24.1 Å². The monoisotopic (exact) mass is 420 g/mol. The molecule has 2 aliphatic rings. The third kappa shape index (κ3) is 3.82. The lowest BCUT2D eigenvalue weighted by Crippen LogP contribution is -2.36. The van der Waals surface area contributed by atoms with Crippen LogP contribution in [-0.4, -0.2) is 48.3 Å². The van der Waals surface area contributed by atoms with Crippen LogP contribution in [0.1, 0.15) is 30.7 Å². The first-order chi connectivity index (χ1) is 13.9. The molecule has 2 aliphatic heterocycles. The van der Waals surface area contributed by atoms with E-state index in [1.807, 2.05) is 0 Å². The van der Waals surface area contributed by atoms with Crippen molar-refractivity contribution in [2.75, 3.05) is 25.2 Å². The van der Waals surface area contributed by atoms with Gasteiger partial charge in [0.25, 0.3) is 0 Å². The topological polar surface area (TPSA) is 103 Å². The van der Waals surface area contributed by atoms with E-state index in [9.17, 15) is 13.2 Å². The van der Waals surface area contributed by atoms with Gasteiger partial charge in [-0.1, -0.05) is 6.42 Å². The Balaban J connectivity index is 1.51. The highest BCUT2D eigenvalue weighted by molar-refractivity contribution is 7.89.